The van der Waals surface area contributed by atoms with Crippen molar-refractivity contribution in [1.82, 2.24) is 0 Å². The van der Waals surface area contributed by atoms with Crippen molar-refractivity contribution in [3.8, 4) is 23.0 Å². The Labute approximate surface area is 490 Å². The van der Waals surface area contributed by atoms with Crippen LogP contribution >= 0.6 is 0 Å². The average Bonchev–Trinajstić information content (AvgIpc) is 3.54. The van der Waals surface area contributed by atoms with Gasteiger partial charge < -0.3 is 33.2 Å². The zero-order valence-corrected chi connectivity index (χ0v) is 48.9. The van der Waals surface area contributed by atoms with E-state index in [4.69, 9.17) is 33.2 Å². The van der Waals surface area contributed by atoms with Gasteiger partial charge in [-0.25, -0.2) is 19.2 Å². The first kappa shape index (κ1) is 65.5. The van der Waals surface area contributed by atoms with E-state index in [0.717, 1.165) is 37.8 Å². The topological polar surface area (TPSA) is 133 Å². The van der Waals surface area contributed by atoms with Crippen molar-refractivity contribution in [3.05, 3.63) is 155 Å². The number of esters is 4. The summed E-state index contributed by atoms with van der Waals surface area (Å²) in [7, 11) is 0. The van der Waals surface area contributed by atoms with E-state index in [1.54, 1.807) is 48.5 Å². The van der Waals surface area contributed by atoms with E-state index < -0.39 is 53.9 Å². The molecule has 450 valence electrons. The SMILES string of the molecule is CCCCCCCCCCCCCCOc1ccc(C(=O)Oc2ccc(C(=O)OC[C@H]3O[C@@H](c4ccc(C(F)(F)F)cc4)CC[C@@H]3OC(=O)c3ccc(OC(=O)c4ccc(OCCCCCCCCCCCCCC)cc4)cc3)cc2)cc1. The van der Waals surface area contributed by atoms with E-state index in [0.29, 0.717) is 41.4 Å². The standard InChI is InChI=1S/C69H87F3O11/c1-3-5-7-9-11-13-15-17-19-21-23-25-49-77-58-39-29-54(30-40-58)66(74)80-60-43-33-53(34-44-60)65(73)79-51-64-63(48-47-62(82-64)52-27-37-57(38-28-52)69(70,71)72)83-68(76)56-35-45-61(46-36-56)81-67(75)55-31-41-59(42-32-55)78-50-26-24-22-20-18-16-14-12-10-8-6-4-2/h27-46,62-64H,3-26,47-51H2,1-2H3/t62-,63+,64-/m1/s1. The molecule has 1 heterocycles. The second kappa shape index (κ2) is 36.8. The van der Waals surface area contributed by atoms with Crippen LogP contribution in [-0.2, 0) is 20.4 Å². The monoisotopic (exact) mass is 1150 g/mol. The lowest BCUT2D eigenvalue weighted by atomic mass is 9.95. The molecular formula is C69H87F3O11. The Balaban J connectivity index is 0.933. The van der Waals surface area contributed by atoms with E-state index in [1.165, 1.54) is 189 Å². The molecule has 0 unspecified atom stereocenters. The highest BCUT2D eigenvalue weighted by Crippen LogP contribution is 2.36. The second-order valence-electron chi connectivity index (χ2n) is 21.8. The van der Waals surface area contributed by atoms with E-state index in [-0.39, 0.29) is 42.1 Å². The van der Waals surface area contributed by atoms with Crippen LogP contribution in [0.2, 0.25) is 0 Å². The lowest BCUT2D eigenvalue weighted by molar-refractivity contribution is -0.140. The largest absolute Gasteiger partial charge is 0.494 e. The molecule has 1 aliphatic heterocycles. The lowest BCUT2D eigenvalue weighted by Crippen LogP contribution is -2.42. The summed E-state index contributed by atoms with van der Waals surface area (Å²) in [5.74, 6) is -0.914. The van der Waals surface area contributed by atoms with Gasteiger partial charge in [0.05, 0.1) is 47.1 Å². The number of hydrogen-bond donors (Lipinski definition) is 0. The highest BCUT2D eigenvalue weighted by atomic mass is 19.4. The molecule has 0 aliphatic carbocycles. The van der Waals surface area contributed by atoms with Gasteiger partial charge in [0.25, 0.3) is 0 Å². The first-order chi connectivity index (χ1) is 40.4. The zero-order chi connectivity index (χ0) is 58.9. The van der Waals surface area contributed by atoms with Gasteiger partial charge in [-0.3, -0.25) is 0 Å². The third-order valence-electron chi connectivity index (χ3n) is 15.0. The van der Waals surface area contributed by atoms with Crippen molar-refractivity contribution in [2.24, 2.45) is 0 Å². The summed E-state index contributed by atoms with van der Waals surface area (Å²) in [4.78, 5) is 53.0. The van der Waals surface area contributed by atoms with Gasteiger partial charge in [-0.1, -0.05) is 167 Å². The fraction of sp³-hybridized carbons (Fsp3) is 0.507. The Kier molecular flexibility index (Phi) is 29.0. The minimum Gasteiger partial charge on any atom is -0.494 e. The van der Waals surface area contributed by atoms with Crippen molar-refractivity contribution in [3.63, 3.8) is 0 Å². The zero-order valence-electron chi connectivity index (χ0n) is 48.9. The van der Waals surface area contributed by atoms with Gasteiger partial charge in [-0.05, 0) is 140 Å². The summed E-state index contributed by atoms with van der Waals surface area (Å²) >= 11 is 0. The molecule has 0 bridgehead atoms. The normalized spacial score (nSPS) is 15.1. The molecule has 6 rings (SSSR count). The molecular weight excluding hydrogens is 1060 g/mol. The molecule has 14 heteroatoms. The van der Waals surface area contributed by atoms with E-state index in [1.807, 2.05) is 0 Å². The summed E-state index contributed by atoms with van der Waals surface area (Å²) in [5, 5.41) is 0. The predicted molar refractivity (Wildman–Crippen MR) is 317 cm³/mol. The van der Waals surface area contributed by atoms with Crippen LogP contribution in [0, 0.1) is 0 Å². The number of rotatable bonds is 38. The Bertz CT molecular complexity index is 2640. The van der Waals surface area contributed by atoms with Gasteiger partial charge in [-0.15, -0.1) is 0 Å². The summed E-state index contributed by atoms with van der Waals surface area (Å²) in [6, 6.07) is 29.8. The Hall–Kier alpha value is -6.67. The first-order valence-corrected chi connectivity index (χ1v) is 30.7. The van der Waals surface area contributed by atoms with Crippen LogP contribution in [0.3, 0.4) is 0 Å². The molecule has 11 nitrogen and oxygen atoms in total. The number of unbranched alkanes of at least 4 members (excludes halogenated alkanes) is 22. The van der Waals surface area contributed by atoms with Gasteiger partial charge in [0.1, 0.15) is 41.8 Å². The van der Waals surface area contributed by atoms with Crippen molar-refractivity contribution in [2.45, 2.75) is 205 Å². The highest BCUT2D eigenvalue weighted by Gasteiger charge is 2.37. The maximum atomic E-state index is 13.6. The number of alkyl halides is 3. The third kappa shape index (κ3) is 24.2. The molecule has 0 saturated carbocycles. The first-order valence-electron chi connectivity index (χ1n) is 30.7. The number of halogens is 3. The summed E-state index contributed by atoms with van der Waals surface area (Å²) < 4.78 is 81.1. The van der Waals surface area contributed by atoms with Crippen LogP contribution in [0.1, 0.15) is 239 Å². The summed E-state index contributed by atoms with van der Waals surface area (Å²) in [6.45, 7) is 5.33. The summed E-state index contributed by atoms with van der Waals surface area (Å²) in [6.07, 6.45) is 23.7. The molecule has 0 aromatic heterocycles. The molecule has 1 aliphatic rings. The van der Waals surface area contributed by atoms with Gasteiger partial charge >= 0.3 is 30.1 Å². The number of hydrogen-bond acceptors (Lipinski definition) is 11. The van der Waals surface area contributed by atoms with Crippen molar-refractivity contribution < 1.29 is 65.5 Å². The molecule has 0 N–H and O–H groups in total. The second-order valence-corrected chi connectivity index (χ2v) is 21.8. The van der Waals surface area contributed by atoms with Gasteiger partial charge in [-0.2, -0.15) is 13.2 Å². The molecule has 5 aromatic rings. The average molecular weight is 1150 g/mol. The van der Waals surface area contributed by atoms with Crippen molar-refractivity contribution in [1.29, 1.82) is 0 Å². The van der Waals surface area contributed by atoms with Crippen LogP contribution in [0.4, 0.5) is 13.2 Å². The number of carbonyl (C=O) groups is 4. The lowest BCUT2D eigenvalue weighted by Gasteiger charge is -2.36. The smallest absolute Gasteiger partial charge is 0.416 e. The van der Waals surface area contributed by atoms with Crippen LogP contribution in [0.15, 0.2) is 121 Å². The predicted octanol–water partition coefficient (Wildman–Crippen LogP) is 18.6. The van der Waals surface area contributed by atoms with Crippen LogP contribution in [-0.4, -0.2) is 55.9 Å². The third-order valence-corrected chi connectivity index (χ3v) is 15.0. The van der Waals surface area contributed by atoms with Crippen LogP contribution in [0.25, 0.3) is 0 Å². The molecule has 1 saturated heterocycles. The van der Waals surface area contributed by atoms with Crippen molar-refractivity contribution in [2.75, 3.05) is 19.8 Å². The molecule has 0 radical (unpaired) electrons. The van der Waals surface area contributed by atoms with E-state index in [2.05, 4.69) is 13.8 Å². The van der Waals surface area contributed by atoms with Gasteiger partial charge in [0.2, 0.25) is 0 Å². The Morgan fingerprint density at radius 1 is 0.422 bits per heavy atom. The fourth-order valence-corrected chi connectivity index (χ4v) is 10.0. The maximum Gasteiger partial charge on any atom is 0.416 e. The van der Waals surface area contributed by atoms with Crippen LogP contribution < -0.4 is 18.9 Å². The van der Waals surface area contributed by atoms with Gasteiger partial charge in [0.15, 0.2) is 0 Å². The molecule has 0 spiro atoms. The fourth-order valence-electron chi connectivity index (χ4n) is 10.0. The molecule has 83 heavy (non-hydrogen) atoms. The molecule has 5 aromatic carbocycles. The molecule has 0 amide bonds. The highest BCUT2D eigenvalue weighted by molar-refractivity contribution is 5.93. The van der Waals surface area contributed by atoms with E-state index >= 15 is 0 Å². The minimum atomic E-state index is -4.53. The minimum absolute atomic E-state index is 0.134. The number of carbonyl (C=O) groups excluding carboxylic acids is 4. The van der Waals surface area contributed by atoms with Crippen molar-refractivity contribution >= 4 is 23.9 Å². The quantitative estimate of drug-likeness (QED) is 0.0212. The Morgan fingerprint density at radius 2 is 0.771 bits per heavy atom. The van der Waals surface area contributed by atoms with Gasteiger partial charge in [0, 0.05) is 0 Å². The Morgan fingerprint density at radius 3 is 1.16 bits per heavy atom. The number of ether oxygens (including phenoxy) is 7. The number of benzene rings is 5. The van der Waals surface area contributed by atoms with Crippen LogP contribution in [0.5, 0.6) is 23.0 Å². The van der Waals surface area contributed by atoms with E-state index in [9.17, 15) is 32.3 Å². The maximum absolute atomic E-state index is 13.6. The molecule has 3 atom stereocenters. The summed E-state index contributed by atoms with van der Waals surface area (Å²) in [5.41, 5.74) is 0.588. The molecule has 1 fully saturated rings.